The molecule has 0 spiro atoms. The zero-order valence-electron chi connectivity index (χ0n) is 24.5. The lowest BCUT2D eigenvalue weighted by atomic mass is 9.91. The van der Waals surface area contributed by atoms with E-state index in [2.05, 4.69) is 98.8 Å². The molecular formula is C39H42N2. The summed E-state index contributed by atoms with van der Waals surface area (Å²) in [5.41, 5.74) is 27.0. The van der Waals surface area contributed by atoms with Gasteiger partial charge in [0.1, 0.15) is 0 Å². The van der Waals surface area contributed by atoms with Crippen LogP contribution in [0.4, 0.5) is 11.4 Å². The molecule has 0 bridgehead atoms. The van der Waals surface area contributed by atoms with Crippen LogP contribution in [0.15, 0.2) is 109 Å². The Kier molecular flexibility index (Phi) is 9.21. The van der Waals surface area contributed by atoms with Crippen LogP contribution in [0.2, 0.25) is 0 Å². The molecule has 0 aliphatic rings. The van der Waals surface area contributed by atoms with Crippen LogP contribution in [-0.4, -0.2) is 0 Å². The second kappa shape index (κ2) is 13.4. The highest BCUT2D eigenvalue weighted by Crippen LogP contribution is 2.24. The van der Waals surface area contributed by atoms with Gasteiger partial charge in [-0.1, -0.05) is 98.3 Å². The molecule has 0 radical (unpaired) electrons. The van der Waals surface area contributed by atoms with Crippen molar-refractivity contribution in [3.05, 3.63) is 165 Å². The van der Waals surface area contributed by atoms with Crippen LogP contribution in [0.5, 0.6) is 0 Å². The Morgan fingerprint density at radius 3 is 1.39 bits per heavy atom. The predicted molar refractivity (Wildman–Crippen MR) is 176 cm³/mol. The van der Waals surface area contributed by atoms with Gasteiger partial charge in [-0.2, -0.15) is 0 Å². The highest BCUT2D eigenvalue weighted by molar-refractivity contribution is 5.44. The molecule has 0 aliphatic heterocycles. The number of hydrogen-bond donors (Lipinski definition) is 2. The summed E-state index contributed by atoms with van der Waals surface area (Å²) in [6.07, 6.45) is 7.35. The van der Waals surface area contributed by atoms with E-state index in [1.807, 2.05) is 24.3 Å². The van der Waals surface area contributed by atoms with Crippen molar-refractivity contribution in [2.24, 2.45) is 0 Å². The van der Waals surface area contributed by atoms with Gasteiger partial charge in [0.05, 0.1) is 0 Å². The fraction of sp³-hybridized carbons (Fsp3) is 0.231. The van der Waals surface area contributed by atoms with Gasteiger partial charge in [-0.15, -0.1) is 0 Å². The van der Waals surface area contributed by atoms with Crippen LogP contribution in [0.1, 0.15) is 75.4 Å². The molecule has 208 valence electrons. The van der Waals surface area contributed by atoms with E-state index in [4.69, 9.17) is 11.5 Å². The summed E-state index contributed by atoms with van der Waals surface area (Å²) in [4.78, 5) is 0. The smallest absolute Gasteiger partial charge is 0.0314 e. The van der Waals surface area contributed by atoms with Crippen molar-refractivity contribution in [3.8, 4) is 0 Å². The van der Waals surface area contributed by atoms with Gasteiger partial charge in [-0.05, 0) is 125 Å². The summed E-state index contributed by atoms with van der Waals surface area (Å²) in [5, 5.41) is 0. The van der Waals surface area contributed by atoms with Gasteiger partial charge in [-0.25, -0.2) is 0 Å². The highest BCUT2D eigenvalue weighted by atomic mass is 14.5. The molecular weight excluding hydrogens is 496 g/mol. The molecule has 5 rings (SSSR count). The topological polar surface area (TPSA) is 52.0 Å². The summed E-state index contributed by atoms with van der Waals surface area (Å²) in [6, 6.07) is 39.6. The summed E-state index contributed by atoms with van der Waals surface area (Å²) in [5.74, 6) is 0. The van der Waals surface area contributed by atoms with Crippen LogP contribution < -0.4 is 11.5 Å². The Balaban J connectivity index is 1.25. The molecule has 2 heteroatoms. The minimum absolute atomic E-state index is 0.811. The Hall–Kier alpha value is -4.30. The van der Waals surface area contributed by atoms with Crippen LogP contribution >= 0.6 is 0 Å². The fourth-order valence-electron chi connectivity index (χ4n) is 5.59. The van der Waals surface area contributed by atoms with E-state index in [0.29, 0.717) is 0 Å². The molecule has 0 aromatic heterocycles. The molecule has 4 N–H and O–H groups in total. The second-order valence-corrected chi connectivity index (χ2v) is 11.5. The monoisotopic (exact) mass is 538 g/mol. The minimum Gasteiger partial charge on any atom is -0.399 e. The first-order valence-electron chi connectivity index (χ1n) is 14.9. The lowest BCUT2D eigenvalue weighted by Gasteiger charge is -2.14. The first kappa shape index (κ1) is 28.2. The predicted octanol–water partition coefficient (Wildman–Crippen LogP) is 8.87. The Morgan fingerprint density at radius 2 is 0.854 bits per heavy atom. The van der Waals surface area contributed by atoms with Crippen molar-refractivity contribution in [1.82, 2.24) is 0 Å². The van der Waals surface area contributed by atoms with E-state index in [0.717, 1.165) is 43.5 Å². The SMILES string of the molecule is CCCCc1cc(Cc2ccc(N)cc2)ccc1Cc1ccc(Cc2ccc(Cc3ccc(N)cc3)cc2)c(C)c1. The van der Waals surface area contributed by atoms with Gasteiger partial charge < -0.3 is 11.5 Å². The molecule has 41 heavy (non-hydrogen) atoms. The normalized spacial score (nSPS) is 11.1. The maximum absolute atomic E-state index is 5.88. The maximum atomic E-state index is 5.88. The second-order valence-electron chi connectivity index (χ2n) is 11.5. The van der Waals surface area contributed by atoms with E-state index in [1.165, 1.54) is 68.5 Å². The van der Waals surface area contributed by atoms with Crippen LogP contribution in [-0.2, 0) is 32.1 Å². The first-order chi connectivity index (χ1) is 19.9. The van der Waals surface area contributed by atoms with Crippen molar-refractivity contribution >= 4 is 11.4 Å². The zero-order valence-corrected chi connectivity index (χ0v) is 24.5. The molecule has 0 saturated heterocycles. The minimum atomic E-state index is 0.811. The van der Waals surface area contributed by atoms with Gasteiger partial charge in [0.15, 0.2) is 0 Å². The summed E-state index contributed by atoms with van der Waals surface area (Å²) in [7, 11) is 0. The molecule has 0 amide bonds. The Labute approximate surface area is 246 Å². The number of benzene rings is 5. The van der Waals surface area contributed by atoms with Gasteiger partial charge in [0.2, 0.25) is 0 Å². The van der Waals surface area contributed by atoms with Crippen LogP contribution in [0.25, 0.3) is 0 Å². The molecule has 0 atom stereocenters. The summed E-state index contributed by atoms with van der Waals surface area (Å²) in [6.45, 7) is 4.52. The lowest BCUT2D eigenvalue weighted by Crippen LogP contribution is -2.00. The van der Waals surface area contributed by atoms with Crippen molar-refractivity contribution in [2.45, 2.75) is 58.8 Å². The fourth-order valence-corrected chi connectivity index (χ4v) is 5.59. The highest BCUT2D eigenvalue weighted by Gasteiger charge is 2.09. The molecule has 0 aliphatic carbocycles. The average molecular weight is 539 g/mol. The van der Waals surface area contributed by atoms with Gasteiger partial charge in [0, 0.05) is 11.4 Å². The molecule has 2 nitrogen and oxygen atoms in total. The third-order valence-corrected chi connectivity index (χ3v) is 8.07. The third kappa shape index (κ3) is 7.89. The number of unbranched alkanes of at least 4 members (excludes halogenated alkanes) is 1. The molecule has 5 aromatic carbocycles. The van der Waals surface area contributed by atoms with E-state index in [9.17, 15) is 0 Å². The largest absolute Gasteiger partial charge is 0.399 e. The van der Waals surface area contributed by atoms with Crippen LogP contribution in [0.3, 0.4) is 0 Å². The average Bonchev–Trinajstić information content (AvgIpc) is 2.98. The van der Waals surface area contributed by atoms with Crippen molar-refractivity contribution in [3.63, 3.8) is 0 Å². The lowest BCUT2D eigenvalue weighted by molar-refractivity contribution is 0.787. The first-order valence-corrected chi connectivity index (χ1v) is 14.9. The van der Waals surface area contributed by atoms with Crippen LogP contribution in [0, 0.1) is 6.92 Å². The third-order valence-electron chi connectivity index (χ3n) is 8.07. The standard InChI is InChI=1S/C39H42N2/c1-3-4-5-36-27-34(24-31-14-20-39(41)21-15-31)11-17-37(36)26-33-10-16-35(28(2)22-33)25-32-8-6-29(7-9-32)23-30-12-18-38(40)19-13-30/h6-22,27H,3-5,23-26,40-41H2,1-2H3. The van der Waals surface area contributed by atoms with Gasteiger partial charge >= 0.3 is 0 Å². The van der Waals surface area contributed by atoms with E-state index in [1.54, 1.807) is 0 Å². The van der Waals surface area contributed by atoms with Crippen molar-refractivity contribution < 1.29 is 0 Å². The van der Waals surface area contributed by atoms with Gasteiger partial charge in [-0.3, -0.25) is 0 Å². The maximum Gasteiger partial charge on any atom is 0.0314 e. The van der Waals surface area contributed by atoms with Gasteiger partial charge in [0.25, 0.3) is 0 Å². The number of hydrogen-bond acceptors (Lipinski definition) is 2. The number of aryl methyl sites for hydroxylation is 2. The summed E-state index contributed by atoms with van der Waals surface area (Å²) >= 11 is 0. The number of anilines is 2. The van der Waals surface area contributed by atoms with Crippen molar-refractivity contribution in [1.29, 1.82) is 0 Å². The molecule has 0 fully saturated rings. The summed E-state index contributed by atoms with van der Waals surface area (Å²) < 4.78 is 0. The van der Waals surface area contributed by atoms with Crippen molar-refractivity contribution in [2.75, 3.05) is 11.5 Å². The molecule has 5 aromatic rings. The number of nitrogen functional groups attached to an aromatic ring is 2. The quantitative estimate of drug-likeness (QED) is 0.165. The number of rotatable bonds is 11. The van der Waals surface area contributed by atoms with E-state index < -0.39 is 0 Å². The van der Waals surface area contributed by atoms with E-state index >= 15 is 0 Å². The molecule has 0 heterocycles. The van der Waals surface area contributed by atoms with E-state index in [-0.39, 0.29) is 0 Å². The molecule has 0 unspecified atom stereocenters. The molecule has 0 saturated carbocycles. The zero-order chi connectivity index (χ0) is 28.6. The Bertz CT molecular complexity index is 1560. The number of nitrogens with two attached hydrogens (primary N) is 2. The Morgan fingerprint density at radius 1 is 0.439 bits per heavy atom.